The number of carbonyl (C=O) groups is 1. The summed E-state index contributed by atoms with van der Waals surface area (Å²) in [6.45, 7) is 2.66. The first-order valence-electron chi connectivity index (χ1n) is 5.91. The van der Waals surface area contributed by atoms with Crippen LogP contribution in [0.25, 0.3) is 0 Å². The minimum Gasteiger partial charge on any atom is -0.395 e. The van der Waals surface area contributed by atoms with Gasteiger partial charge < -0.3 is 15.7 Å². The van der Waals surface area contributed by atoms with Crippen molar-refractivity contribution < 1.29 is 9.90 Å². The zero-order chi connectivity index (χ0) is 10.9. The van der Waals surface area contributed by atoms with Gasteiger partial charge in [0.05, 0.1) is 6.61 Å². The van der Waals surface area contributed by atoms with Crippen LogP contribution in [0.5, 0.6) is 0 Å². The lowest BCUT2D eigenvalue weighted by Crippen LogP contribution is -2.30. The lowest BCUT2D eigenvalue weighted by molar-refractivity contribution is -0.121. The number of nitrogens with one attached hydrogen (secondary N) is 2. The standard InChI is InChI=1S/C11H22N2O2/c14-8-7-13-11(15)5-1-3-10-4-2-6-12-9-10/h10,12,14H,1-9H2,(H,13,15). The van der Waals surface area contributed by atoms with E-state index in [1.54, 1.807) is 0 Å². The smallest absolute Gasteiger partial charge is 0.220 e. The molecule has 0 radical (unpaired) electrons. The number of hydrogen-bond donors (Lipinski definition) is 3. The molecule has 0 spiro atoms. The number of carbonyl (C=O) groups excluding carboxylic acids is 1. The molecule has 4 nitrogen and oxygen atoms in total. The molecule has 0 bridgehead atoms. The van der Waals surface area contributed by atoms with Crippen LogP contribution in [0.15, 0.2) is 0 Å². The predicted octanol–water partition coefficient (Wildman–Crippen LogP) is 0.265. The molecule has 0 saturated carbocycles. The Morgan fingerprint density at radius 2 is 2.40 bits per heavy atom. The monoisotopic (exact) mass is 214 g/mol. The summed E-state index contributed by atoms with van der Waals surface area (Å²) in [5.74, 6) is 0.817. The van der Waals surface area contributed by atoms with Crippen LogP contribution in [0.2, 0.25) is 0 Å². The third-order valence-electron chi connectivity index (χ3n) is 2.85. The van der Waals surface area contributed by atoms with Gasteiger partial charge in [-0.15, -0.1) is 0 Å². The van der Waals surface area contributed by atoms with E-state index in [1.165, 1.54) is 12.8 Å². The zero-order valence-electron chi connectivity index (χ0n) is 9.30. The maximum atomic E-state index is 11.2. The molecule has 0 aromatic carbocycles. The largest absolute Gasteiger partial charge is 0.395 e. The summed E-state index contributed by atoms with van der Waals surface area (Å²) in [6, 6.07) is 0. The van der Waals surface area contributed by atoms with E-state index >= 15 is 0 Å². The molecule has 1 atom stereocenters. The van der Waals surface area contributed by atoms with Crippen molar-refractivity contribution in [3.63, 3.8) is 0 Å². The van der Waals surface area contributed by atoms with Gasteiger partial charge in [0.1, 0.15) is 0 Å². The highest BCUT2D eigenvalue weighted by atomic mass is 16.3. The molecule has 3 N–H and O–H groups in total. The molecule has 0 aromatic rings. The Morgan fingerprint density at radius 3 is 3.07 bits per heavy atom. The third kappa shape index (κ3) is 5.74. The minimum atomic E-state index is 0.0261. The zero-order valence-corrected chi connectivity index (χ0v) is 9.30. The number of aliphatic hydroxyl groups is 1. The van der Waals surface area contributed by atoms with Gasteiger partial charge in [-0.1, -0.05) is 0 Å². The number of amides is 1. The van der Waals surface area contributed by atoms with E-state index in [0.29, 0.717) is 13.0 Å². The molecule has 1 heterocycles. The predicted molar refractivity (Wildman–Crippen MR) is 59.5 cm³/mol. The van der Waals surface area contributed by atoms with Crippen molar-refractivity contribution in [2.75, 3.05) is 26.2 Å². The van der Waals surface area contributed by atoms with Crippen LogP contribution >= 0.6 is 0 Å². The summed E-state index contributed by atoms with van der Waals surface area (Å²) in [5.41, 5.74) is 0. The van der Waals surface area contributed by atoms with E-state index in [1.807, 2.05) is 0 Å². The Kier molecular flexibility index (Phi) is 6.36. The van der Waals surface area contributed by atoms with Crippen LogP contribution in [0.1, 0.15) is 32.1 Å². The highest BCUT2D eigenvalue weighted by Gasteiger charge is 2.12. The Balaban J connectivity index is 1.97. The second-order valence-electron chi connectivity index (χ2n) is 4.18. The van der Waals surface area contributed by atoms with Crippen molar-refractivity contribution in [2.24, 2.45) is 5.92 Å². The van der Waals surface area contributed by atoms with Crippen molar-refractivity contribution in [3.05, 3.63) is 0 Å². The van der Waals surface area contributed by atoms with Gasteiger partial charge in [0.2, 0.25) is 5.91 Å². The summed E-state index contributed by atoms with van der Waals surface area (Å²) >= 11 is 0. The van der Waals surface area contributed by atoms with Crippen molar-refractivity contribution in [1.82, 2.24) is 10.6 Å². The molecule has 4 heteroatoms. The van der Waals surface area contributed by atoms with E-state index in [0.717, 1.165) is 31.8 Å². The van der Waals surface area contributed by atoms with Crippen LogP contribution in [0, 0.1) is 5.92 Å². The summed E-state index contributed by atoms with van der Waals surface area (Å²) in [6.07, 6.45) is 5.26. The Hall–Kier alpha value is -0.610. The van der Waals surface area contributed by atoms with Crippen molar-refractivity contribution in [2.45, 2.75) is 32.1 Å². The molecule has 1 rings (SSSR count). The first kappa shape index (κ1) is 12.5. The second kappa shape index (κ2) is 7.65. The van der Waals surface area contributed by atoms with Gasteiger partial charge in [0.25, 0.3) is 0 Å². The number of rotatable bonds is 6. The van der Waals surface area contributed by atoms with Crippen LogP contribution in [0.4, 0.5) is 0 Å². The Bertz CT molecular complexity index is 179. The van der Waals surface area contributed by atoms with E-state index < -0.39 is 0 Å². The third-order valence-corrected chi connectivity index (χ3v) is 2.85. The van der Waals surface area contributed by atoms with E-state index in [-0.39, 0.29) is 12.5 Å². The lowest BCUT2D eigenvalue weighted by Gasteiger charge is -2.22. The van der Waals surface area contributed by atoms with Crippen molar-refractivity contribution in [1.29, 1.82) is 0 Å². The molecule has 0 aliphatic carbocycles. The first-order chi connectivity index (χ1) is 7.33. The Labute approximate surface area is 91.4 Å². The summed E-state index contributed by atoms with van der Waals surface area (Å²) in [4.78, 5) is 11.2. The molecule has 1 saturated heterocycles. The van der Waals surface area contributed by atoms with E-state index in [2.05, 4.69) is 10.6 Å². The first-order valence-corrected chi connectivity index (χ1v) is 5.91. The van der Waals surface area contributed by atoms with E-state index in [9.17, 15) is 4.79 Å². The molecule has 1 aliphatic rings. The van der Waals surface area contributed by atoms with Crippen LogP contribution in [-0.2, 0) is 4.79 Å². The SMILES string of the molecule is O=C(CCCC1CCCNC1)NCCO. The van der Waals surface area contributed by atoms with Crippen LogP contribution in [0.3, 0.4) is 0 Å². The number of piperidine rings is 1. The maximum absolute atomic E-state index is 11.2. The molecular weight excluding hydrogens is 192 g/mol. The van der Waals surface area contributed by atoms with Gasteiger partial charge in [-0.2, -0.15) is 0 Å². The fraction of sp³-hybridized carbons (Fsp3) is 0.909. The number of aliphatic hydroxyl groups excluding tert-OH is 1. The molecule has 1 fully saturated rings. The molecule has 1 aliphatic heterocycles. The highest BCUT2D eigenvalue weighted by molar-refractivity contribution is 5.75. The Morgan fingerprint density at radius 1 is 1.53 bits per heavy atom. The minimum absolute atomic E-state index is 0.0261. The molecule has 1 unspecified atom stereocenters. The van der Waals surface area contributed by atoms with E-state index in [4.69, 9.17) is 5.11 Å². The fourth-order valence-corrected chi connectivity index (χ4v) is 2.01. The normalized spacial score (nSPS) is 21.3. The quantitative estimate of drug-likeness (QED) is 0.594. The van der Waals surface area contributed by atoms with Gasteiger partial charge >= 0.3 is 0 Å². The lowest BCUT2D eigenvalue weighted by atomic mass is 9.94. The van der Waals surface area contributed by atoms with Crippen molar-refractivity contribution in [3.8, 4) is 0 Å². The summed E-state index contributed by atoms with van der Waals surface area (Å²) < 4.78 is 0. The average Bonchev–Trinajstić information content (AvgIpc) is 2.28. The van der Waals surface area contributed by atoms with Crippen LogP contribution < -0.4 is 10.6 Å². The molecule has 88 valence electrons. The maximum Gasteiger partial charge on any atom is 0.220 e. The number of hydrogen-bond acceptors (Lipinski definition) is 3. The van der Waals surface area contributed by atoms with Gasteiger partial charge in [-0.3, -0.25) is 4.79 Å². The molecule has 0 aromatic heterocycles. The summed E-state index contributed by atoms with van der Waals surface area (Å²) in [7, 11) is 0. The van der Waals surface area contributed by atoms with Gasteiger partial charge in [-0.05, 0) is 44.7 Å². The molecule has 1 amide bonds. The fourth-order valence-electron chi connectivity index (χ4n) is 2.01. The van der Waals surface area contributed by atoms with Gasteiger partial charge in [-0.25, -0.2) is 0 Å². The van der Waals surface area contributed by atoms with Crippen molar-refractivity contribution >= 4 is 5.91 Å². The highest BCUT2D eigenvalue weighted by Crippen LogP contribution is 2.16. The van der Waals surface area contributed by atoms with Crippen LogP contribution in [-0.4, -0.2) is 37.3 Å². The molecule has 15 heavy (non-hydrogen) atoms. The average molecular weight is 214 g/mol. The van der Waals surface area contributed by atoms with Gasteiger partial charge in [0, 0.05) is 13.0 Å². The molecular formula is C11H22N2O2. The topological polar surface area (TPSA) is 61.4 Å². The summed E-state index contributed by atoms with van der Waals surface area (Å²) in [5, 5.41) is 14.6. The second-order valence-corrected chi connectivity index (χ2v) is 4.18. The van der Waals surface area contributed by atoms with Gasteiger partial charge in [0.15, 0.2) is 0 Å².